The number of hydrogen-bond acceptors (Lipinski definition) is 3. The van der Waals surface area contributed by atoms with Gasteiger partial charge in [0.25, 0.3) is 5.91 Å². The van der Waals surface area contributed by atoms with Gasteiger partial charge in [-0.15, -0.1) is 0 Å². The van der Waals surface area contributed by atoms with Crippen LogP contribution in [0.25, 0.3) is 5.69 Å². The molecule has 1 aromatic heterocycles. The number of ether oxygens (including phenoxy) is 1. The quantitative estimate of drug-likeness (QED) is 0.748. The number of aromatic amines is 1. The lowest BCUT2D eigenvalue weighted by Gasteiger charge is -2.09. The van der Waals surface area contributed by atoms with E-state index in [1.165, 1.54) is 4.57 Å². The maximum Gasteiger partial charge on any atom is 0.330 e. The first-order valence-corrected chi connectivity index (χ1v) is 7.54. The topological polar surface area (TPSA) is 76.1 Å². The van der Waals surface area contributed by atoms with Crippen molar-refractivity contribution in [3.63, 3.8) is 0 Å². The van der Waals surface area contributed by atoms with Crippen LogP contribution in [0.2, 0.25) is 5.02 Å². The van der Waals surface area contributed by atoms with Crippen molar-refractivity contribution in [1.29, 1.82) is 0 Å². The molecule has 0 aliphatic carbocycles. The molecule has 6 nitrogen and oxygen atoms in total. The van der Waals surface area contributed by atoms with Crippen LogP contribution in [0.5, 0.6) is 5.75 Å². The third kappa shape index (κ3) is 3.85. The highest BCUT2D eigenvalue weighted by Crippen LogP contribution is 2.17. The molecule has 0 unspecified atom stereocenters. The largest absolute Gasteiger partial charge is 0.484 e. The van der Waals surface area contributed by atoms with Crippen LogP contribution in [-0.2, 0) is 4.79 Å². The normalized spacial score (nSPS) is 10.4. The monoisotopic (exact) mass is 343 g/mol. The zero-order chi connectivity index (χ0) is 16.9. The Bertz CT molecular complexity index is 917. The van der Waals surface area contributed by atoms with Crippen molar-refractivity contribution >= 4 is 23.2 Å². The molecule has 1 heterocycles. The van der Waals surface area contributed by atoms with E-state index >= 15 is 0 Å². The molecule has 0 saturated carbocycles. The van der Waals surface area contributed by atoms with Crippen molar-refractivity contribution in [2.75, 3.05) is 11.9 Å². The number of carbonyl (C=O) groups is 1. The van der Waals surface area contributed by atoms with E-state index in [2.05, 4.69) is 10.3 Å². The molecular weight excluding hydrogens is 330 g/mol. The second kappa shape index (κ2) is 7.06. The molecule has 7 heteroatoms. The van der Waals surface area contributed by atoms with Gasteiger partial charge in [0.15, 0.2) is 6.61 Å². The maximum absolute atomic E-state index is 12.0. The van der Waals surface area contributed by atoms with Crippen LogP contribution >= 0.6 is 11.6 Å². The van der Waals surface area contributed by atoms with Crippen molar-refractivity contribution in [1.82, 2.24) is 9.55 Å². The number of aromatic nitrogens is 2. The van der Waals surface area contributed by atoms with E-state index in [9.17, 15) is 9.59 Å². The maximum atomic E-state index is 12.0. The first-order chi connectivity index (χ1) is 11.6. The fourth-order valence-corrected chi connectivity index (χ4v) is 2.34. The summed E-state index contributed by atoms with van der Waals surface area (Å²) in [4.78, 5) is 26.2. The van der Waals surface area contributed by atoms with E-state index in [-0.39, 0.29) is 18.2 Å². The van der Waals surface area contributed by atoms with Gasteiger partial charge in [-0.05, 0) is 36.4 Å². The lowest BCUT2D eigenvalue weighted by atomic mass is 10.2. The van der Waals surface area contributed by atoms with Gasteiger partial charge in [-0.1, -0.05) is 23.7 Å². The lowest BCUT2D eigenvalue weighted by Crippen LogP contribution is -2.20. The number of rotatable bonds is 5. The summed E-state index contributed by atoms with van der Waals surface area (Å²) in [6, 6.07) is 13.8. The average molecular weight is 344 g/mol. The predicted octanol–water partition coefficient (Wildman–Crippen LogP) is 2.84. The minimum atomic E-state index is -0.312. The second-order valence-corrected chi connectivity index (χ2v) is 5.42. The summed E-state index contributed by atoms with van der Waals surface area (Å²) in [7, 11) is 0. The number of imidazole rings is 1. The molecule has 0 bridgehead atoms. The minimum absolute atomic E-state index is 0.144. The molecule has 0 aliphatic rings. The number of carbonyl (C=O) groups excluding carboxylic acids is 1. The first-order valence-electron chi connectivity index (χ1n) is 7.16. The molecule has 3 aromatic rings. The fourth-order valence-electron chi connectivity index (χ4n) is 2.16. The molecule has 1 amide bonds. The number of halogens is 1. The van der Waals surface area contributed by atoms with E-state index in [0.717, 1.165) is 0 Å². The van der Waals surface area contributed by atoms with Crippen LogP contribution in [0.3, 0.4) is 0 Å². The number of H-pyrrole nitrogens is 1. The molecule has 3 rings (SSSR count). The Labute approximate surface area is 142 Å². The van der Waals surface area contributed by atoms with Crippen molar-refractivity contribution in [3.05, 3.63) is 76.4 Å². The molecule has 0 spiro atoms. The van der Waals surface area contributed by atoms with E-state index in [0.29, 0.717) is 22.1 Å². The molecule has 122 valence electrons. The summed E-state index contributed by atoms with van der Waals surface area (Å²) in [6.07, 6.45) is 3.16. The van der Waals surface area contributed by atoms with Crippen molar-refractivity contribution in [2.45, 2.75) is 0 Å². The van der Waals surface area contributed by atoms with Gasteiger partial charge in [-0.2, -0.15) is 0 Å². The number of amides is 1. The van der Waals surface area contributed by atoms with Gasteiger partial charge in [0.05, 0.1) is 5.69 Å². The van der Waals surface area contributed by atoms with E-state index in [1.54, 1.807) is 60.9 Å². The van der Waals surface area contributed by atoms with Gasteiger partial charge < -0.3 is 15.0 Å². The van der Waals surface area contributed by atoms with Crippen molar-refractivity contribution in [2.24, 2.45) is 0 Å². The van der Waals surface area contributed by atoms with E-state index in [4.69, 9.17) is 16.3 Å². The standard InChI is InChI=1S/C17H14ClN3O3/c18-12-3-1-6-15(9-12)24-11-16(22)20-13-4-2-5-14(10-13)21-8-7-19-17(21)23/h1-10H,11H2,(H,19,23)(H,20,22). The number of hydrogen-bond donors (Lipinski definition) is 2. The van der Waals surface area contributed by atoms with Gasteiger partial charge in [0.2, 0.25) is 0 Å². The van der Waals surface area contributed by atoms with E-state index in [1.807, 2.05) is 0 Å². The summed E-state index contributed by atoms with van der Waals surface area (Å²) >= 11 is 5.86. The van der Waals surface area contributed by atoms with Crippen LogP contribution in [0.4, 0.5) is 5.69 Å². The molecule has 24 heavy (non-hydrogen) atoms. The smallest absolute Gasteiger partial charge is 0.330 e. The van der Waals surface area contributed by atoms with Gasteiger partial charge in [0.1, 0.15) is 5.75 Å². The summed E-state index contributed by atoms with van der Waals surface area (Å²) in [5, 5.41) is 3.27. The van der Waals surface area contributed by atoms with Crippen LogP contribution < -0.4 is 15.7 Å². The summed E-state index contributed by atoms with van der Waals surface area (Å²) < 4.78 is 6.83. The van der Waals surface area contributed by atoms with Crippen molar-refractivity contribution < 1.29 is 9.53 Å². The Hall–Kier alpha value is -2.99. The minimum Gasteiger partial charge on any atom is -0.484 e. The molecule has 0 radical (unpaired) electrons. The average Bonchev–Trinajstić information content (AvgIpc) is 2.99. The molecule has 2 aromatic carbocycles. The molecule has 2 N–H and O–H groups in total. The molecular formula is C17H14ClN3O3. The summed E-state index contributed by atoms with van der Waals surface area (Å²) in [5.41, 5.74) is 0.970. The highest BCUT2D eigenvalue weighted by Gasteiger charge is 2.06. The predicted molar refractivity (Wildman–Crippen MR) is 92.0 cm³/mol. The molecule has 0 fully saturated rings. The van der Waals surface area contributed by atoms with Gasteiger partial charge in [-0.25, -0.2) is 4.79 Å². The molecule has 0 aliphatic heterocycles. The third-order valence-corrected chi connectivity index (χ3v) is 3.46. The zero-order valence-corrected chi connectivity index (χ0v) is 13.3. The Balaban J connectivity index is 1.64. The number of nitrogens with zero attached hydrogens (tertiary/aromatic N) is 1. The van der Waals surface area contributed by atoms with Crippen LogP contribution in [-0.4, -0.2) is 22.1 Å². The SMILES string of the molecule is O=C(COc1cccc(Cl)c1)Nc1cccc(-n2cc[nH]c2=O)c1. The van der Waals surface area contributed by atoms with Crippen LogP contribution in [0.1, 0.15) is 0 Å². The Morgan fingerprint density at radius 2 is 2.04 bits per heavy atom. The highest BCUT2D eigenvalue weighted by molar-refractivity contribution is 6.30. The van der Waals surface area contributed by atoms with Gasteiger partial charge in [0, 0.05) is 23.1 Å². The van der Waals surface area contributed by atoms with E-state index < -0.39 is 0 Å². The Morgan fingerprint density at radius 1 is 1.21 bits per heavy atom. The highest BCUT2D eigenvalue weighted by atomic mass is 35.5. The summed E-state index contributed by atoms with van der Waals surface area (Å²) in [6.45, 7) is -0.144. The van der Waals surface area contributed by atoms with Crippen molar-refractivity contribution in [3.8, 4) is 11.4 Å². The lowest BCUT2D eigenvalue weighted by molar-refractivity contribution is -0.118. The third-order valence-electron chi connectivity index (χ3n) is 3.22. The number of nitrogens with one attached hydrogen (secondary N) is 2. The zero-order valence-electron chi connectivity index (χ0n) is 12.5. The number of benzene rings is 2. The number of anilines is 1. The Kier molecular flexibility index (Phi) is 4.67. The van der Waals surface area contributed by atoms with Crippen LogP contribution in [0, 0.1) is 0 Å². The second-order valence-electron chi connectivity index (χ2n) is 4.98. The Morgan fingerprint density at radius 3 is 2.79 bits per heavy atom. The van der Waals surface area contributed by atoms with Gasteiger partial charge in [-0.3, -0.25) is 9.36 Å². The molecule has 0 atom stereocenters. The van der Waals surface area contributed by atoms with Gasteiger partial charge >= 0.3 is 5.69 Å². The van der Waals surface area contributed by atoms with Crippen LogP contribution in [0.15, 0.2) is 65.7 Å². The first kappa shape index (κ1) is 15.9. The fraction of sp³-hybridized carbons (Fsp3) is 0.0588. The molecule has 0 saturated heterocycles. The summed E-state index contributed by atoms with van der Waals surface area (Å²) in [5.74, 6) is 0.207.